The van der Waals surface area contributed by atoms with Crippen LogP contribution >= 0.6 is 19.8 Å². The molecule has 0 radical (unpaired) electrons. The lowest BCUT2D eigenvalue weighted by Gasteiger charge is -2.20. The van der Waals surface area contributed by atoms with Gasteiger partial charge in [0.1, 0.15) is 12.7 Å². The number of nitrogens with one attached hydrogen (secondary N) is 1. The molecule has 0 fully saturated rings. The number of nitrogens with zero attached hydrogens (tertiary/aromatic N) is 3. The van der Waals surface area contributed by atoms with Crippen LogP contribution in [-0.4, -0.2) is 41.7 Å². The third kappa shape index (κ3) is 6.03. The van der Waals surface area contributed by atoms with Gasteiger partial charge in [-0.15, -0.1) is 0 Å². The number of rotatable bonds is 7. The van der Waals surface area contributed by atoms with Gasteiger partial charge in [0, 0.05) is 6.42 Å². The van der Waals surface area contributed by atoms with Gasteiger partial charge in [-0.3, -0.25) is 9.25 Å². The smallest absolute Gasteiger partial charge is 0.327 e. The fourth-order valence-electron chi connectivity index (χ4n) is 2.05. The first-order chi connectivity index (χ1) is 10.4. The Kier molecular flexibility index (Phi) is 5.79. The Morgan fingerprint density at radius 1 is 1.36 bits per heavy atom. The lowest BCUT2D eigenvalue weighted by molar-refractivity contribution is 0.361. The molecule has 0 aliphatic carbocycles. The molecule has 118 valence electrons. The van der Waals surface area contributed by atoms with Crippen molar-refractivity contribution in [1.29, 1.82) is 0 Å². The highest BCUT2D eigenvalue weighted by atomic mass is 32.1. The molecule has 1 atom stereocenters. The van der Waals surface area contributed by atoms with E-state index in [9.17, 15) is 14.4 Å². The Balaban J connectivity index is 1.98. The zero-order chi connectivity index (χ0) is 16.0. The summed E-state index contributed by atoms with van der Waals surface area (Å²) in [6, 6.07) is 9.13. The third-order valence-corrected chi connectivity index (χ3v) is 4.08. The molecule has 2 rings (SSSR count). The van der Waals surface area contributed by atoms with Gasteiger partial charge in [0.15, 0.2) is 0 Å². The molecule has 22 heavy (non-hydrogen) atoms. The van der Waals surface area contributed by atoms with Gasteiger partial charge >= 0.3 is 7.60 Å². The highest BCUT2D eigenvalue weighted by Crippen LogP contribution is 2.35. The summed E-state index contributed by atoms with van der Waals surface area (Å²) in [5.74, 6) is 0. The highest BCUT2D eigenvalue weighted by molar-refractivity contribution is 7.80. The Labute approximate surface area is 133 Å². The van der Waals surface area contributed by atoms with E-state index >= 15 is 0 Å². The molecule has 0 saturated heterocycles. The van der Waals surface area contributed by atoms with Crippen LogP contribution in [0.25, 0.3) is 0 Å². The number of hydrogen-bond acceptors (Lipinski definition) is 4. The molecular formula is C13H17N4O3PS. The number of hydrogen-bond donors (Lipinski definition) is 3. The van der Waals surface area contributed by atoms with Crippen molar-refractivity contribution in [3.05, 3.63) is 48.5 Å². The Morgan fingerprint density at radius 3 is 2.68 bits per heavy atom. The summed E-state index contributed by atoms with van der Waals surface area (Å²) in [6.07, 6.45) is 3.07. The SMILES string of the molecule is O=P(O)(O)CC(Cn1cncn1)NC(=S)Cc1ccccc1. The van der Waals surface area contributed by atoms with Crippen molar-refractivity contribution < 1.29 is 14.4 Å². The van der Waals surface area contributed by atoms with Crippen LogP contribution in [0.1, 0.15) is 5.56 Å². The average Bonchev–Trinajstić information content (AvgIpc) is 2.90. The number of aromatic nitrogens is 3. The van der Waals surface area contributed by atoms with Gasteiger partial charge in [-0.2, -0.15) is 5.10 Å². The summed E-state index contributed by atoms with van der Waals surface area (Å²) in [5.41, 5.74) is 1.04. The van der Waals surface area contributed by atoms with Crippen molar-refractivity contribution >= 4 is 24.8 Å². The highest BCUT2D eigenvalue weighted by Gasteiger charge is 2.23. The molecule has 0 aliphatic heterocycles. The van der Waals surface area contributed by atoms with Gasteiger partial charge in [-0.25, -0.2) is 4.98 Å². The molecular weight excluding hydrogens is 323 g/mol. The van der Waals surface area contributed by atoms with Crippen molar-refractivity contribution in [2.45, 2.75) is 19.0 Å². The largest absolute Gasteiger partial charge is 0.374 e. The van der Waals surface area contributed by atoms with Gasteiger partial charge in [0.25, 0.3) is 0 Å². The van der Waals surface area contributed by atoms with E-state index in [0.717, 1.165) is 5.56 Å². The molecule has 1 unspecified atom stereocenters. The van der Waals surface area contributed by atoms with Crippen LogP contribution in [0.15, 0.2) is 43.0 Å². The lowest BCUT2D eigenvalue weighted by Crippen LogP contribution is -2.40. The maximum atomic E-state index is 11.3. The van der Waals surface area contributed by atoms with E-state index in [1.165, 1.54) is 17.3 Å². The first kappa shape index (κ1) is 16.8. The monoisotopic (exact) mass is 340 g/mol. The van der Waals surface area contributed by atoms with E-state index in [4.69, 9.17) is 12.2 Å². The van der Waals surface area contributed by atoms with Crippen molar-refractivity contribution in [1.82, 2.24) is 20.1 Å². The minimum absolute atomic E-state index is 0.278. The van der Waals surface area contributed by atoms with Crippen LogP contribution in [0, 0.1) is 0 Å². The Morgan fingerprint density at radius 2 is 2.09 bits per heavy atom. The van der Waals surface area contributed by atoms with Gasteiger partial charge in [0.05, 0.1) is 23.7 Å². The minimum Gasteiger partial charge on any atom is -0.374 e. The molecule has 1 aromatic carbocycles. The number of benzene rings is 1. The quantitative estimate of drug-likeness (QED) is 0.510. The average molecular weight is 340 g/mol. The maximum Gasteiger partial charge on any atom is 0.327 e. The standard InChI is InChI=1S/C13H17N4O3PS/c18-21(19,20)8-12(7-17-10-14-9-15-17)16-13(22)6-11-4-2-1-3-5-11/h1-5,9-10,12H,6-8H2,(H,16,22)(H2,18,19,20). The maximum absolute atomic E-state index is 11.3. The summed E-state index contributed by atoms with van der Waals surface area (Å²) in [6.45, 7) is 0.278. The van der Waals surface area contributed by atoms with E-state index < -0.39 is 13.6 Å². The molecule has 9 heteroatoms. The first-order valence-electron chi connectivity index (χ1n) is 6.62. The molecule has 0 amide bonds. The van der Waals surface area contributed by atoms with Gasteiger partial charge in [-0.05, 0) is 5.56 Å². The molecule has 0 aliphatic rings. The molecule has 7 nitrogen and oxygen atoms in total. The van der Waals surface area contributed by atoms with Crippen LogP contribution in [0.4, 0.5) is 0 Å². The molecule has 0 saturated carbocycles. The topological polar surface area (TPSA) is 100 Å². The van der Waals surface area contributed by atoms with Gasteiger partial charge in [0.2, 0.25) is 0 Å². The third-order valence-electron chi connectivity index (χ3n) is 2.90. The predicted molar refractivity (Wildman–Crippen MR) is 86.6 cm³/mol. The van der Waals surface area contributed by atoms with Crippen LogP contribution < -0.4 is 5.32 Å². The van der Waals surface area contributed by atoms with Gasteiger partial charge < -0.3 is 15.1 Å². The van der Waals surface area contributed by atoms with Crippen molar-refractivity contribution in [2.75, 3.05) is 6.16 Å². The zero-order valence-corrected chi connectivity index (χ0v) is 13.5. The summed E-state index contributed by atoms with van der Waals surface area (Å²) in [5, 5.41) is 6.96. The molecule has 2 aromatic rings. The number of thiocarbonyl (C=S) groups is 1. The Hall–Kier alpha value is -1.60. The normalized spacial score (nSPS) is 12.8. The van der Waals surface area contributed by atoms with E-state index in [-0.39, 0.29) is 12.7 Å². The molecule has 3 N–H and O–H groups in total. The molecule has 1 aromatic heterocycles. The minimum atomic E-state index is -4.16. The van der Waals surface area contributed by atoms with E-state index in [1.807, 2.05) is 30.3 Å². The summed E-state index contributed by atoms with van der Waals surface area (Å²) < 4.78 is 12.8. The fraction of sp³-hybridized carbons (Fsp3) is 0.308. The van der Waals surface area contributed by atoms with Crippen LogP contribution in [0.3, 0.4) is 0 Å². The molecule has 1 heterocycles. The Bertz CT molecular complexity index is 645. The van der Waals surface area contributed by atoms with E-state index in [0.29, 0.717) is 11.4 Å². The van der Waals surface area contributed by atoms with Crippen LogP contribution in [0.5, 0.6) is 0 Å². The zero-order valence-electron chi connectivity index (χ0n) is 11.7. The second kappa shape index (κ2) is 7.60. The predicted octanol–water partition coefficient (Wildman–Crippen LogP) is 0.984. The van der Waals surface area contributed by atoms with Gasteiger partial charge in [-0.1, -0.05) is 42.5 Å². The molecule has 0 spiro atoms. The van der Waals surface area contributed by atoms with Crippen molar-refractivity contribution in [2.24, 2.45) is 0 Å². The summed E-state index contributed by atoms with van der Waals surface area (Å²) in [7, 11) is -4.16. The molecule has 0 bridgehead atoms. The van der Waals surface area contributed by atoms with E-state index in [2.05, 4.69) is 15.4 Å². The van der Waals surface area contributed by atoms with Crippen molar-refractivity contribution in [3.63, 3.8) is 0 Å². The second-order valence-corrected chi connectivity index (χ2v) is 7.08. The van der Waals surface area contributed by atoms with Crippen LogP contribution in [0.2, 0.25) is 0 Å². The van der Waals surface area contributed by atoms with E-state index in [1.54, 1.807) is 0 Å². The fourth-order valence-corrected chi connectivity index (χ4v) is 3.16. The lowest BCUT2D eigenvalue weighted by atomic mass is 10.1. The summed E-state index contributed by atoms with van der Waals surface area (Å²) in [4.78, 5) is 22.8. The van der Waals surface area contributed by atoms with Crippen LogP contribution in [-0.2, 0) is 17.5 Å². The second-order valence-electron chi connectivity index (χ2n) is 4.89. The van der Waals surface area contributed by atoms with Crippen molar-refractivity contribution in [3.8, 4) is 0 Å². The first-order valence-corrected chi connectivity index (χ1v) is 8.83. The summed E-state index contributed by atoms with van der Waals surface area (Å²) >= 11 is 5.29.